The van der Waals surface area contributed by atoms with Crippen LogP contribution in [0, 0.1) is 20.8 Å². The highest BCUT2D eigenvalue weighted by molar-refractivity contribution is 7.19. The number of hydrogen-bond donors (Lipinski definition) is 1. The van der Waals surface area contributed by atoms with Gasteiger partial charge >= 0.3 is 0 Å². The van der Waals surface area contributed by atoms with Crippen LogP contribution in [-0.4, -0.2) is 17.1 Å². The van der Waals surface area contributed by atoms with Gasteiger partial charge in [-0.05, 0) is 38.0 Å². The lowest BCUT2D eigenvalue weighted by Gasteiger charge is -2.14. The summed E-state index contributed by atoms with van der Waals surface area (Å²) >= 11 is 7.93. The van der Waals surface area contributed by atoms with Gasteiger partial charge in [-0.25, -0.2) is 9.97 Å². The van der Waals surface area contributed by atoms with Gasteiger partial charge in [0.1, 0.15) is 22.7 Å². The van der Waals surface area contributed by atoms with Crippen LogP contribution in [0.1, 0.15) is 16.0 Å². The number of aromatic nitrogens is 2. The number of halogens is 1. The number of rotatable bonds is 4. The van der Waals surface area contributed by atoms with Crippen molar-refractivity contribution in [1.29, 1.82) is 0 Å². The monoisotopic (exact) mass is 409 g/mol. The molecule has 0 aliphatic rings. The van der Waals surface area contributed by atoms with Crippen LogP contribution in [0.5, 0.6) is 5.75 Å². The van der Waals surface area contributed by atoms with Crippen LogP contribution in [0.4, 0.5) is 11.5 Å². The van der Waals surface area contributed by atoms with Gasteiger partial charge in [-0.1, -0.05) is 41.4 Å². The van der Waals surface area contributed by atoms with Crippen LogP contribution in [0.3, 0.4) is 0 Å². The zero-order chi connectivity index (χ0) is 19.8. The van der Waals surface area contributed by atoms with Crippen LogP contribution < -0.4 is 10.1 Å². The van der Waals surface area contributed by atoms with Crippen molar-refractivity contribution in [2.24, 2.45) is 0 Å². The molecule has 2 aromatic carbocycles. The number of anilines is 2. The highest BCUT2D eigenvalue weighted by Crippen LogP contribution is 2.42. The maximum Gasteiger partial charge on any atom is 0.143 e. The smallest absolute Gasteiger partial charge is 0.143 e. The van der Waals surface area contributed by atoms with Crippen molar-refractivity contribution in [3.8, 4) is 16.9 Å². The van der Waals surface area contributed by atoms with Crippen molar-refractivity contribution >= 4 is 44.7 Å². The molecule has 0 amide bonds. The molecule has 2 aromatic heterocycles. The van der Waals surface area contributed by atoms with Crippen LogP contribution in [0.2, 0.25) is 5.02 Å². The molecule has 4 aromatic rings. The quantitative estimate of drug-likeness (QED) is 0.408. The summed E-state index contributed by atoms with van der Waals surface area (Å²) in [6, 6.07) is 12.3. The van der Waals surface area contributed by atoms with E-state index in [1.807, 2.05) is 19.1 Å². The van der Waals surface area contributed by atoms with Crippen LogP contribution in [0.15, 0.2) is 42.7 Å². The molecule has 6 heteroatoms. The number of methoxy groups -OCH3 is 1. The first-order valence-electron chi connectivity index (χ1n) is 8.90. The molecule has 0 bridgehead atoms. The number of nitrogens with one attached hydrogen (secondary N) is 1. The first-order valence-corrected chi connectivity index (χ1v) is 10.1. The molecule has 0 aliphatic heterocycles. The van der Waals surface area contributed by atoms with Crippen molar-refractivity contribution in [1.82, 2.24) is 9.97 Å². The summed E-state index contributed by atoms with van der Waals surface area (Å²) in [5, 5.41) is 5.13. The maximum absolute atomic E-state index is 6.25. The molecule has 0 spiro atoms. The summed E-state index contributed by atoms with van der Waals surface area (Å²) in [7, 11) is 1.63. The average Bonchev–Trinajstić information content (AvgIpc) is 3.02. The van der Waals surface area contributed by atoms with Gasteiger partial charge in [-0.3, -0.25) is 0 Å². The molecular weight excluding hydrogens is 390 g/mol. The fraction of sp³-hybridized carbons (Fsp3) is 0.182. The van der Waals surface area contributed by atoms with Gasteiger partial charge < -0.3 is 10.1 Å². The van der Waals surface area contributed by atoms with E-state index in [9.17, 15) is 0 Å². The third-order valence-electron chi connectivity index (χ3n) is 4.74. The highest BCUT2D eigenvalue weighted by Gasteiger charge is 2.18. The third-order valence-corrected chi connectivity index (χ3v) is 6.16. The molecule has 2 heterocycles. The number of fused-ring (bicyclic) bond motifs is 1. The third kappa shape index (κ3) is 3.32. The number of thiophene rings is 1. The Morgan fingerprint density at radius 2 is 1.79 bits per heavy atom. The van der Waals surface area contributed by atoms with Crippen molar-refractivity contribution in [2.45, 2.75) is 20.8 Å². The van der Waals surface area contributed by atoms with E-state index in [4.69, 9.17) is 16.3 Å². The first kappa shape index (κ1) is 18.7. The number of hydrogen-bond acceptors (Lipinski definition) is 5. The number of ether oxygens (including phenoxy) is 1. The summed E-state index contributed by atoms with van der Waals surface area (Å²) in [6.45, 7) is 6.18. The minimum absolute atomic E-state index is 0.668. The van der Waals surface area contributed by atoms with E-state index in [1.165, 1.54) is 10.4 Å². The highest BCUT2D eigenvalue weighted by atomic mass is 35.5. The van der Waals surface area contributed by atoms with Gasteiger partial charge in [0.2, 0.25) is 0 Å². The summed E-state index contributed by atoms with van der Waals surface area (Å²) < 4.78 is 5.51. The van der Waals surface area contributed by atoms with E-state index in [2.05, 4.69) is 53.4 Å². The maximum atomic E-state index is 6.25. The summed E-state index contributed by atoms with van der Waals surface area (Å²) in [5.41, 5.74) is 5.34. The van der Waals surface area contributed by atoms with E-state index in [0.29, 0.717) is 10.8 Å². The molecule has 28 heavy (non-hydrogen) atoms. The second-order valence-corrected chi connectivity index (χ2v) is 8.34. The van der Waals surface area contributed by atoms with E-state index >= 15 is 0 Å². The normalized spacial score (nSPS) is 11.0. The van der Waals surface area contributed by atoms with Gasteiger partial charge in [-0.2, -0.15) is 0 Å². The zero-order valence-corrected chi connectivity index (χ0v) is 17.7. The number of benzene rings is 2. The van der Waals surface area contributed by atoms with Crippen LogP contribution >= 0.6 is 22.9 Å². The number of nitrogens with zero attached hydrogens (tertiary/aromatic N) is 2. The Morgan fingerprint density at radius 1 is 1.04 bits per heavy atom. The Bertz CT molecular complexity index is 1170. The molecule has 0 fully saturated rings. The Hall–Kier alpha value is -2.63. The molecule has 4 nitrogen and oxygen atoms in total. The molecule has 0 aliphatic carbocycles. The van der Waals surface area contributed by atoms with Crippen molar-refractivity contribution < 1.29 is 4.74 Å². The SMILES string of the molecule is COc1cc(Cl)c(C)cc1Nc1ncnc2sc(C)c(-c3ccc(C)cc3)c12. The van der Waals surface area contributed by atoms with Gasteiger partial charge in [0.15, 0.2) is 0 Å². The van der Waals surface area contributed by atoms with E-state index in [0.717, 1.165) is 38.4 Å². The minimum Gasteiger partial charge on any atom is -0.495 e. The minimum atomic E-state index is 0.668. The topological polar surface area (TPSA) is 47.0 Å². The summed E-state index contributed by atoms with van der Waals surface area (Å²) in [5.74, 6) is 1.43. The standard InChI is InChI=1S/C22H20ClN3OS/c1-12-5-7-15(8-6-12)19-14(3)28-22-20(19)21(24-11-25-22)26-17-9-13(2)16(23)10-18(17)27-4/h5-11H,1-4H3,(H,24,25,26). The van der Waals surface area contributed by atoms with Crippen LogP contribution in [-0.2, 0) is 0 Å². The molecule has 0 saturated heterocycles. The molecule has 0 saturated carbocycles. The van der Waals surface area contributed by atoms with E-state index in [1.54, 1.807) is 24.8 Å². The lowest BCUT2D eigenvalue weighted by Crippen LogP contribution is -1.99. The molecule has 142 valence electrons. The van der Waals surface area contributed by atoms with Gasteiger partial charge in [-0.15, -0.1) is 11.3 Å². The molecule has 1 N–H and O–H groups in total. The Balaban J connectivity index is 1.89. The second kappa shape index (κ2) is 7.41. The fourth-order valence-corrected chi connectivity index (χ4v) is 4.43. The van der Waals surface area contributed by atoms with Crippen molar-refractivity contribution in [3.05, 3.63) is 63.8 Å². The summed E-state index contributed by atoms with van der Waals surface area (Å²) in [4.78, 5) is 11.2. The molecule has 4 rings (SSSR count). The van der Waals surface area contributed by atoms with Gasteiger partial charge in [0.25, 0.3) is 0 Å². The van der Waals surface area contributed by atoms with Gasteiger partial charge in [0.05, 0.1) is 18.2 Å². The summed E-state index contributed by atoms with van der Waals surface area (Å²) in [6.07, 6.45) is 1.59. The largest absolute Gasteiger partial charge is 0.495 e. The molecule has 0 atom stereocenters. The van der Waals surface area contributed by atoms with E-state index < -0.39 is 0 Å². The predicted molar refractivity (Wildman–Crippen MR) is 118 cm³/mol. The number of aryl methyl sites for hydroxylation is 3. The lowest BCUT2D eigenvalue weighted by atomic mass is 10.0. The van der Waals surface area contributed by atoms with Crippen molar-refractivity contribution in [3.63, 3.8) is 0 Å². The lowest BCUT2D eigenvalue weighted by molar-refractivity contribution is 0.416. The Kier molecular flexibility index (Phi) is 4.96. The van der Waals surface area contributed by atoms with Gasteiger partial charge in [0, 0.05) is 21.5 Å². The zero-order valence-electron chi connectivity index (χ0n) is 16.1. The molecular formula is C22H20ClN3OS. The van der Waals surface area contributed by atoms with E-state index in [-0.39, 0.29) is 0 Å². The second-order valence-electron chi connectivity index (χ2n) is 6.73. The average molecular weight is 410 g/mol. The fourth-order valence-electron chi connectivity index (χ4n) is 3.26. The predicted octanol–water partition coefficient (Wildman–Crippen LogP) is 6.69. The first-order chi connectivity index (χ1) is 13.5. The van der Waals surface area contributed by atoms with Crippen LogP contribution in [0.25, 0.3) is 21.3 Å². The Morgan fingerprint density at radius 3 is 2.50 bits per heavy atom. The van der Waals surface area contributed by atoms with Crippen molar-refractivity contribution in [2.75, 3.05) is 12.4 Å². The molecule has 0 unspecified atom stereocenters. The Labute approximate surface area is 173 Å². The molecule has 0 radical (unpaired) electrons.